The van der Waals surface area contributed by atoms with E-state index in [2.05, 4.69) is 164 Å². The molecule has 2 aliphatic rings. The molecule has 0 amide bonds. The van der Waals surface area contributed by atoms with Gasteiger partial charge in [-0.1, -0.05) is 207 Å². The largest absolute Gasteiger partial charge is 0.208 e. The van der Waals surface area contributed by atoms with Gasteiger partial charge in [-0.2, -0.15) is 0 Å². The van der Waals surface area contributed by atoms with Crippen LogP contribution in [0.1, 0.15) is 43.2 Å². The van der Waals surface area contributed by atoms with Gasteiger partial charge in [-0.25, -0.2) is 15.0 Å². The monoisotopic (exact) mass is 769 g/mol. The number of benzene rings is 8. The van der Waals surface area contributed by atoms with E-state index in [-0.39, 0.29) is 5.41 Å². The molecule has 1 saturated carbocycles. The molecular formula is C57H43N3. The molecule has 3 heteroatoms. The lowest BCUT2D eigenvalue weighted by Crippen LogP contribution is -2.27. The molecule has 0 radical (unpaired) electrons. The van der Waals surface area contributed by atoms with Gasteiger partial charge in [0.25, 0.3) is 0 Å². The Hall–Kier alpha value is -7.23. The molecule has 1 fully saturated rings. The lowest BCUT2D eigenvalue weighted by atomic mass is 9.68. The van der Waals surface area contributed by atoms with Gasteiger partial charge in [0.1, 0.15) is 0 Å². The zero-order valence-electron chi connectivity index (χ0n) is 33.4. The van der Waals surface area contributed by atoms with Crippen LogP contribution in [0, 0.1) is 0 Å². The third-order valence-electron chi connectivity index (χ3n) is 12.8. The normalized spacial score (nSPS) is 13.8. The second-order valence-electron chi connectivity index (χ2n) is 16.3. The van der Waals surface area contributed by atoms with Gasteiger partial charge < -0.3 is 0 Å². The summed E-state index contributed by atoms with van der Waals surface area (Å²) in [6.45, 7) is 0. The van der Waals surface area contributed by atoms with Gasteiger partial charge in [0, 0.05) is 22.1 Å². The number of rotatable bonds is 7. The fourth-order valence-electron chi connectivity index (χ4n) is 9.79. The van der Waals surface area contributed by atoms with Crippen LogP contribution in [0.4, 0.5) is 0 Å². The minimum absolute atomic E-state index is 0.163. The van der Waals surface area contributed by atoms with Crippen LogP contribution in [-0.4, -0.2) is 15.0 Å². The van der Waals surface area contributed by atoms with E-state index in [0.717, 1.165) is 38.9 Å². The predicted octanol–water partition coefficient (Wildman–Crippen LogP) is 14.8. The van der Waals surface area contributed by atoms with E-state index < -0.39 is 0 Å². The Bertz CT molecular complexity index is 2980. The zero-order chi connectivity index (χ0) is 39.9. The Morgan fingerprint density at radius 3 is 1.28 bits per heavy atom. The van der Waals surface area contributed by atoms with E-state index in [0.29, 0.717) is 17.5 Å². The summed E-state index contributed by atoms with van der Waals surface area (Å²) in [5, 5.41) is 0. The van der Waals surface area contributed by atoms with Crippen LogP contribution < -0.4 is 0 Å². The molecule has 60 heavy (non-hydrogen) atoms. The van der Waals surface area contributed by atoms with E-state index in [9.17, 15) is 0 Å². The van der Waals surface area contributed by atoms with Crippen molar-refractivity contribution in [2.45, 2.75) is 37.5 Å². The van der Waals surface area contributed by atoms with Crippen molar-refractivity contribution in [1.29, 1.82) is 0 Å². The SMILES string of the molecule is c1ccc(-c2cccc(-c3nc(-c4ccccc4)nc(-c4cccc(-c5ccc(-c6ccc(-c7cccc8c7-c7ccccc7C87CCCCC7)cc6)cc5)c4)n3)c2)cc1. The molecule has 0 N–H and O–H groups in total. The highest BCUT2D eigenvalue weighted by Crippen LogP contribution is 2.57. The first-order valence-corrected chi connectivity index (χ1v) is 21.2. The van der Waals surface area contributed by atoms with Crippen molar-refractivity contribution in [3.8, 4) is 89.8 Å². The first kappa shape index (κ1) is 35.9. The fraction of sp³-hybridized carbons (Fsp3) is 0.105. The third-order valence-corrected chi connectivity index (χ3v) is 12.8. The summed E-state index contributed by atoms with van der Waals surface area (Å²) < 4.78 is 0. The maximum Gasteiger partial charge on any atom is 0.164 e. The molecule has 0 aliphatic heterocycles. The standard InChI is InChI=1S/C57H43N3/c1-4-15-39(16-5-1)45-19-12-21-47(37-45)55-58-54(44-17-6-2-7-18-44)59-56(60-55)48-22-13-20-46(38-48)42-29-27-40(28-30-42)41-31-33-43(34-32-41)49-24-14-26-52-53(49)50-23-8-9-25-51(50)57(52)35-10-3-11-36-57/h1-2,4-9,12-34,37-38H,3,10-11,35-36H2. The van der Waals surface area contributed by atoms with Crippen LogP contribution in [-0.2, 0) is 5.41 Å². The number of hydrogen-bond acceptors (Lipinski definition) is 3. The molecule has 1 heterocycles. The molecule has 0 bridgehead atoms. The second-order valence-corrected chi connectivity index (χ2v) is 16.3. The molecule has 0 saturated heterocycles. The van der Waals surface area contributed by atoms with Crippen molar-refractivity contribution >= 4 is 0 Å². The van der Waals surface area contributed by atoms with Crippen LogP contribution in [0.5, 0.6) is 0 Å². The highest BCUT2D eigenvalue weighted by molar-refractivity contribution is 5.93. The first-order valence-electron chi connectivity index (χ1n) is 21.2. The highest BCUT2D eigenvalue weighted by atomic mass is 15.0. The molecule has 3 nitrogen and oxygen atoms in total. The van der Waals surface area contributed by atoms with Gasteiger partial charge in [0.2, 0.25) is 0 Å². The highest BCUT2D eigenvalue weighted by Gasteiger charge is 2.44. The number of fused-ring (bicyclic) bond motifs is 5. The minimum atomic E-state index is 0.163. The van der Waals surface area contributed by atoms with Gasteiger partial charge in [0.05, 0.1) is 0 Å². The minimum Gasteiger partial charge on any atom is -0.208 e. The Morgan fingerprint density at radius 2 is 0.683 bits per heavy atom. The molecule has 0 atom stereocenters. The average molecular weight is 770 g/mol. The van der Waals surface area contributed by atoms with E-state index in [1.165, 1.54) is 76.6 Å². The van der Waals surface area contributed by atoms with Crippen LogP contribution in [0.2, 0.25) is 0 Å². The molecule has 1 spiro atoms. The Balaban J connectivity index is 0.892. The summed E-state index contributed by atoms with van der Waals surface area (Å²) in [4.78, 5) is 15.1. The summed E-state index contributed by atoms with van der Waals surface area (Å²) in [7, 11) is 0. The van der Waals surface area contributed by atoms with Crippen molar-refractivity contribution in [1.82, 2.24) is 15.0 Å². The Labute approximate surface area is 352 Å². The van der Waals surface area contributed by atoms with Crippen molar-refractivity contribution in [3.63, 3.8) is 0 Å². The molecular weight excluding hydrogens is 727 g/mol. The van der Waals surface area contributed by atoms with E-state index in [4.69, 9.17) is 15.0 Å². The van der Waals surface area contributed by atoms with Gasteiger partial charge >= 0.3 is 0 Å². The van der Waals surface area contributed by atoms with Crippen LogP contribution in [0.15, 0.2) is 200 Å². The first-order chi connectivity index (χ1) is 29.7. The maximum atomic E-state index is 5.08. The third kappa shape index (κ3) is 6.44. The number of aromatic nitrogens is 3. The summed E-state index contributed by atoms with van der Waals surface area (Å²) in [6, 6.07) is 71.8. The predicted molar refractivity (Wildman–Crippen MR) is 247 cm³/mol. The second kappa shape index (κ2) is 15.2. The summed E-state index contributed by atoms with van der Waals surface area (Å²) in [5.41, 5.74) is 18.5. The van der Waals surface area contributed by atoms with Gasteiger partial charge in [-0.15, -0.1) is 0 Å². The molecule has 11 rings (SSSR count). The molecule has 9 aromatic rings. The van der Waals surface area contributed by atoms with Crippen molar-refractivity contribution in [3.05, 3.63) is 211 Å². The van der Waals surface area contributed by atoms with Gasteiger partial charge in [-0.05, 0) is 91.7 Å². The van der Waals surface area contributed by atoms with Crippen molar-refractivity contribution in [2.24, 2.45) is 0 Å². The van der Waals surface area contributed by atoms with E-state index in [1.807, 2.05) is 36.4 Å². The summed E-state index contributed by atoms with van der Waals surface area (Å²) >= 11 is 0. The quantitative estimate of drug-likeness (QED) is 0.162. The van der Waals surface area contributed by atoms with E-state index >= 15 is 0 Å². The smallest absolute Gasteiger partial charge is 0.164 e. The van der Waals surface area contributed by atoms with Crippen molar-refractivity contribution < 1.29 is 0 Å². The zero-order valence-corrected chi connectivity index (χ0v) is 33.4. The molecule has 2 aliphatic carbocycles. The topological polar surface area (TPSA) is 38.7 Å². The lowest BCUT2D eigenvalue weighted by molar-refractivity contribution is 0.353. The van der Waals surface area contributed by atoms with Crippen LogP contribution >= 0.6 is 0 Å². The van der Waals surface area contributed by atoms with Gasteiger partial charge in [-0.3, -0.25) is 0 Å². The average Bonchev–Trinajstić information content (AvgIpc) is 3.60. The molecule has 0 unspecified atom stereocenters. The van der Waals surface area contributed by atoms with E-state index in [1.54, 1.807) is 0 Å². The number of nitrogens with zero attached hydrogens (tertiary/aromatic N) is 3. The van der Waals surface area contributed by atoms with Crippen LogP contribution in [0.25, 0.3) is 89.8 Å². The Kier molecular flexibility index (Phi) is 9.08. The van der Waals surface area contributed by atoms with Crippen LogP contribution in [0.3, 0.4) is 0 Å². The van der Waals surface area contributed by atoms with Gasteiger partial charge in [0.15, 0.2) is 17.5 Å². The fourth-order valence-corrected chi connectivity index (χ4v) is 9.79. The summed E-state index contributed by atoms with van der Waals surface area (Å²) in [5.74, 6) is 1.94. The number of hydrogen-bond donors (Lipinski definition) is 0. The summed E-state index contributed by atoms with van der Waals surface area (Å²) in [6.07, 6.45) is 6.45. The molecule has 1 aromatic heterocycles. The van der Waals surface area contributed by atoms with Crippen molar-refractivity contribution in [2.75, 3.05) is 0 Å². The maximum absolute atomic E-state index is 5.08. The molecule has 8 aromatic carbocycles. The Morgan fingerprint density at radius 1 is 0.283 bits per heavy atom. The lowest BCUT2D eigenvalue weighted by Gasteiger charge is -2.36. The molecule has 286 valence electrons.